The number of benzene rings is 1. The van der Waals surface area contributed by atoms with Crippen molar-refractivity contribution in [1.29, 1.82) is 0 Å². The number of nitrogens with one attached hydrogen (secondary N) is 1. The van der Waals surface area contributed by atoms with Crippen molar-refractivity contribution in [2.75, 3.05) is 6.61 Å². The van der Waals surface area contributed by atoms with Gasteiger partial charge in [-0.05, 0) is 31.5 Å². The molecule has 1 atom stereocenters. The Morgan fingerprint density at radius 3 is 3.05 bits per heavy atom. The first-order valence-electron chi connectivity index (χ1n) is 6.12. The minimum atomic E-state index is -0.157. The first-order valence-corrected chi connectivity index (χ1v) is 7.06. The van der Waals surface area contributed by atoms with E-state index in [0.29, 0.717) is 12.3 Å². The van der Waals surface area contributed by atoms with Gasteiger partial charge in [0.05, 0.1) is 18.2 Å². The van der Waals surface area contributed by atoms with E-state index in [1.807, 2.05) is 38.1 Å². The van der Waals surface area contributed by atoms with Crippen molar-refractivity contribution in [3.63, 3.8) is 0 Å². The van der Waals surface area contributed by atoms with E-state index in [9.17, 15) is 4.79 Å². The van der Waals surface area contributed by atoms with E-state index in [-0.39, 0.29) is 11.9 Å². The van der Waals surface area contributed by atoms with Gasteiger partial charge in [0.1, 0.15) is 11.4 Å². The van der Waals surface area contributed by atoms with E-state index in [4.69, 9.17) is 4.74 Å². The zero-order valence-corrected chi connectivity index (χ0v) is 11.7. The molecule has 0 spiro atoms. The minimum Gasteiger partial charge on any atom is -0.494 e. The van der Waals surface area contributed by atoms with Crippen molar-refractivity contribution in [3.8, 4) is 5.75 Å². The average Bonchev–Trinajstić information content (AvgIpc) is 2.93. The van der Waals surface area contributed by atoms with Crippen LogP contribution < -0.4 is 10.1 Å². The standard InChI is InChI=1S/C14H16N2O2S/c1-3-18-12-6-4-5-11(7-12)10(2)16-14(17)13-8-19-9-15-13/h4-10H,3H2,1-2H3,(H,16,17). The lowest BCUT2D eigenvalue weighted by Gasteiger charge is -2.14. The molecule has 4 nitrogen and oxygen atoms in total. The van der Waals surface area contributed by atoms with E-state index < -0.39 is 0 Å². The summed E-state index contributed by atoms with van der Waals surface area (Å²) in [5, 5.41) is 4.65. The van der Waals surface area contributed by atoms with Crippen molar-refractivity contribution in [2.45, 2.75) is 19.9 Å². The van der Waals surface area contributed by atoms with E-state index in [0.717, 1.165) is 11.3 Å². The average molecular weight is 276 g/mol. The Morgan fingerprint density at radius 2 is 2.37 bits per heavy atom. The predicted molar refractivity (Wildman–Crippen MR) is 75.6 cm³/mol. The summed E-state index contributed by atoms with van der Waals surface area (Å²) < 4.78 is 5.45. The highest BCUT2D eigenvalue weighted by atomic mass is 32.1. The molecule has 0 radical (unpaired) electrons. The smallest absolute Gasteiger partial charge is 0.271 e. The zero-order chi connectivity index (χ0) is 13.7. The maximum atomic E-state index is 11.9. The fourth-order valence-corrected chi connectivity index (χ4v) is 2.25. The molecule has 2 rings (SSSR count). The van der Waals surface area contributed by atoms with Crippen molar-refractivity contribution >= 4 is 17.2 Å². The van der Waals surface area contributed by atoms with E-state index in [2.05, 4.69) is 10.3 Å². The molecule has 5 heteroatoms. The molecular formula is C14H16N2O2S. The summed E-state index contributed by atoms with van der Waals surface area (Å²) in [6.07, 6.45) is 0. The Bertz CT molecular complexity index is 540. The van der Waals surface area contributed by atoms with Crippen molar-refractivity contribution in [1.82, 2.24) is 10.3 Å². The third-order valence-corrected chi connectivity index (χ3v) is 3.27. The third kappa shape index (κ3) is 3.54. The molecular weight excluding hydrogens is 260 g/mol. The Labute approximate surface area is 116 Å². The second kappa shape index (κ2) is 6.33. The highest BCUT2D eigenvalue weighted by molar-refractivity contribution is 7.07. The Kier molecular flexibility index (Phi) is 4.52. The number of ether oxygens (including phenoxy) is 1. The molecule has 1 unspecified atom stereocenters. The first kappa shape index (κ1) is 13.5. The van der Waals surface area contributed by atoms with Crippen LogP contribution in [0.4, 0.5) is 0 Å². The number of amides is 1. The van der Waals surface area contributed by atoms with Gasteiger partial charge in [-0.1, -0.05) is 12.1 Å². The van der Waals surface area contributed by atoms with Crippen LogP contribution in [0.1, 0.15) is 35.9 Å². The van der Waals surface area contributed by atoms with Gasteiger partial charge < -0.3 is 10.1 Å². The third-order valence-electron chi connectivity index (χ3n) is 2.68. The van der Waals surface area contributed by atoms with Crippen molar-refractivity contribution < 1.29 is 9.53 Å². The summed E-state index contributed by atoms with van der Waals surface area (Å²) >= 11 is 1.41. The minimum absolute atomic E-state index is 0.0883. The van der Waals surface area contributed by atoms with Gasteiger partial charge >= 0.3 is 0 Å². The Balaban J connectivity index is 2.05. The van der Waals surface area contributed by atoms with Crippen LogP contribution in [-0.2, 0) is 0 Å². The molecule has 19 heavy (non-hydrogen) atoms. The van der Waals surface area contributed by atoms with E-state index in [1.165, 1.54) is 11.3 Å². The van der Waals surface area contributed by atoms with Crippen LogP contribution in [-0.4, -0.2) is 17.5 Å². The maximum Gasteiger partial charge on any atom is 0.271 e. The summed E-state index contributed by atoms with van der Waals surface area (Å²) in [7, 11) is 0. The van der Waals surface area contributed by atoms with Crippen molar-refractivity contribution in [3.05, 3.63) is 46.4 Å². The first-order chi connectivity index (χ1) is 9.20. The lowest BCUT2D eigenvalue weighted by Crippen LogP contribution is -2.26. The number of hydrogen-bond donors (Lipinski definition) is 1. The van der Waals surface area contributed by atoms with Crippen LogP contribution in [0, 0.1) is 0 Å². The molecule has 0 aliphatic heterocycles. The normalized spacial score (nSPS) is 11.9. The summed E-state index contributed by atoms with van der Waals surface area (Å²) in [6, 6.07) is 7.65. The monoisotopic (exact) mass is 276 g/mol. The zero-order valence-electron chi connectivity index (χ0n) is 10.9. The largest absolute Gasteiger partial charge is 0.494 e. The van der Waals surface area contributed by atoms with Crippen molar-refractivity contribution in [2.24, 2.45) is 0 Å². The molecule has 0 saturated carbocycles. The lowest BCUT2D eigenvalue weighted by atomic mass is 10.1. The summed E-state index contributed by atoms with van der Waals surface area (Å²) in [6.45, 7) is 4.51. The quantitative estimate of drug-likeness (QED) is 0.913. The van der Waals surface area contributed by atoms with Crippen LogP contribution in [0.5, 0.6) is 5.75 Å². The second-order valence-electron chi connectivity index (χ2n) is 4.07. The van der Waals surface area contributed by atoms with Gasteiger partial charge in [-0.15, -0.1) is 11.3 Å². The van der Waals surface area contributed by atoms with Gasteiger partial charge in [0.25, 0.3) is 5.91 Å². The van der Waals surface area contributed by atoms with Gasteiger partial charge in [-0.2, -0.15) is 0 Å². The number of hydrogen-bond acceptors (Lipinski definition) is 4. The highest BCUT2D eigenvalue weighted by Gasteiger charge is 2.13. The molecule has 1 aromatic carbocycles. The number of nitrogens with zero attached hydrogens (tertiary/aromatic N) is 1. The molecule has 1 amide bonds. The predicted octanol–water partition coefficient (Wildman–Crippen LogP) is 3.03. The van der Waals surface area contributed by atoms with Gasteiger partial charge in [-0.3, -0.25) is 4.79 Å². The second-order valence-corrected chi connectivity index (χ2v) is 4.79. The number of thiazole rings is 1. The molecule has 0 fully saturated rings. The molecule has 100 valence electrons. The van der Waals surface area contributed by atoms with Gasteiger partial charge in [0.2, 0.25) is 0 Å². The van der Waals surface area contributed by atoms with Crippen LogP contribution in [0.25, 0.3) is 0 Å². The van der Waals surface area contributed by atoms with Crippen LogP contribution >= 0.6 is 11.3 Å². The molecule has 2 aromatic rings. The van der Waals surface area contributed by atoms with Gasteiger partial charge in [0.15, 0.2) is 0 Å². The van der Waals surface area contributed by atoms with Crippen LogP contribution in [0.3, 0.4) is 0 Å². The van der Waals surface area contributed by atoms with E-state index >= 15 is 0 Å². The maximum absolute atomic E-state index is 11.9. The van der Waals surface area contributed by atoms with Gasteiger partial charge in [-0.25, -0.2) is 4.98 Å². The fourth-order valence-electron chi connectivity index (χ4n) is 1.72. The molecule has 0 aliphatic carbocycles. The summed E-state index contributed by atoms with van der Waals surface area (Å²) in [5.74, 6) is 0.658. The molecule has 1 aromatic heterocycles. The Hall–Kier alpha value is -1.88. The summed E-state index contributed by atoms with van der Waals surface area (Å²) in [4.78, 5) is 15.9. The van der Waals surface area contributed by atoms with Crippen LogP contribution in [0.2, 0.25) is 0 Å². The molecule has 0 saturated heterocycles. The SMILES string of the molecule is CCOc1cccc(C(C)NC(=O)c2cscn2)c1. The fraction of sp³-hybridized carbons (Fsp3) is 0.286. The topological polar surface area (TPSA) is 51.2 Å². The van der Waals surface area contributed by atoms with E-state index in [1.54, 1.807) is 10.9 Å². The molecule has 1 N–H and O–H groups in total. The Morgan fingerprint density at radius 1 is 1.53 bits per heavy atom. The lowest BCUT2D eigenvalue weighted by molar-refractivity contribution is 0.0935. The van der Waals surface area contributed by atoms with Crippen LogP contribution in [0.15, 0.2) is 35.2 Å². The number of rotatable bonds is 5. The molecule has 1 heterocycles. The number of carbonyl (C=O) groups is 1. The van der Waals surface area contributed by atoms with Gasteiger partial charge in [0, 0.05) is 5.38 Å². The molecule has 0 bridgehead atoms. The number of aromatic nitrogens is 1. The highest BCUT2D eigenvalue weighted by Crippen LogP contribution is 2.19. The molecule has 0 aliphatic rings. The summed E-state index contributed by atoms with van der Waals surface area (Å²) in [5.41, 5.74) is 3.11. The number of carbonyl (C=O) groups excluding carboxylic acids is 1.